The third-order valence-corrected chi connectivity index (χ3v) is 4.21. The normalized spacial score (nSPS) is 12.3. The SMILES string of the molecule is O=c1c2ccc(Cl)cc2ncn1C[C@H](O)COc1ccc(Br)cc1. The van der Waals surface area contributed by atoms with Gasteiger partial charge in [-0.2, -0.15) is 0 Å². The average molecular weight is 410 g/mol. The third kappa shape index (κ3) is 3.95. The Hall–Kier alpha value is -1.89. The summed E-state index contributed by atoms with van der Waals surface area (Å²) in [6, 6.07) is 12.2. The molecule has 0 aliphatic carbocycles. The second-order valence-electron chi connectivity index (χ2n) is 5.28. The van der Waals surface area contributed by atoms with Gasteiger partial charge in [0.15, 0.2) is 0 Å². The first-order valence-corrected chi connectivity index (χ1v) is 8.41. The van der Waals surface area contributed by atoms with Gasteiger partial charge in [0.25, 0.3) is 5.56 Å². The topological polar surface area (TPSA) is 64.4 Å². The highest BCUT2D eigenvalue weighted by Crippen LogP contribution is 2.16. The fourth-order valence-corrected chi connectivity index (χ4v) is 2.70. The van der Waals surface area contributed by atoms with Gasteiger partial charge in [-0.1, -0.05) is 27.5 Å². The van der Waals surface area contributed by atoms with E-state index < -0.39 is 6.10 Å². The molecule has 0 saturated carbocycles. The van der Waals surface area contributed by atoms with E-state index in [9.17, 15) is 9.90 Å². The Kier molecular flexibility index (Phi) is 5.18. The number of aromatic nitrogens is 2. The van der Waals surface area contributed by atoms with Crippen molar-refractivity contribution in [2.45, 2.75) is 12.6 Å². The quantitative estimate of drug-likeness (QED) is 0.702. The lowest BCUT2D eigenvalue weighted by Crippen LogP contribution is -2.30. The van der Waals surface area contributed by atoms with Gasteiger partial charge in [-0.15, -0.1) is 0 Å². The third-order valence-electron chi connectivity index (χ3n) is 3.45. The molecule has 7 heteroatoms. The summed E-state index contributed by atoms with van der Waals surface area (Å²) < 4.78 is 7.83. The fourth-order valence-electron chi connectivity index (χ4n) is 2.26. The minimum absolute atomic E-state index is 0.0761. The lowest BCUT2D eigenvalue weighted by molar-refractivity contribution is 0.0915. The largest absolute Gasteiger partial charge is 0.491 e. The van der Waals surface area contributed by atoms with Crippen molar-refractivity contribution in [1.82, 2.24) is 9.55 Å². The molecule has 0 fully saturated rings. The maximum absolute atomic E-state index is 12.4. The summed E-state index contributed by atoms with van der Waals surface area (Å²) in [5.41, 5.74) is 0.309. The number of fused-ring (bicyclic) bond motifs is 1. The van der Waals surface area contributed by atoms with Crippen LogP contribution in [-0.4, -0.2) is 27.4 Å². The molecule has 0 spiro atoms. The summed E-state index contributed by atoms with van der Waals surface area (Å²) in [5.74, 6) is 0.649. The molecule has 1 N–H and O–H groups in total. The van der Waals surface area contributed by atoms with E-state index in [0.29, 0.717) is 21.7 Å². The van der Waals surface area contributed by atoms with Crippen LogP contribution < -0.4 is 10.3 Å². The second kappa shape index (κ2) is 7.34. The van der Waals surface area contributed by atoms with E-state index in [2.05, 4.69) is 20.9 Å². The summed E-state index contributed by atoms with van der Waals surface area (Å²) in [5, 5.41) is 11.1. The molecule has 0 radical (unpaired) electrons. The Morgan fingerprint density at radius 2 is 2.00 bits per heavy atom. The van der Waals surface area contributed by atoms with Gasteiger partial charge in [-0.3, -0.25) is 9.36 Å². The molecule has 3 rings (SSSR count). The smallest absolute Gasteiger partial charge is 0.261 e. The van der Waals surface area contributed by atoms with E-state index in [4.69, 9.17) is 16.3 Å². The molecule has 0 aliphatic rings. The predicted octanol–water partition coefficient (Wildman–Crippen LogP) is 3.25. The highest BCUT2D eigenvalue weighted by atomic mass is 79.9. The first-order chi connectivity index (χ1) is 11.5. The van der Waals surface area contributed by atoms with E-state index >= 15 is 0 Å². The first-order valence-electron chi connectivity index (χ1n) is 7.24. The van der Waals surface area contributed by atoms with Crippen LogP contribution in [-0.2, 0) is 6.54 Å². The van der Waals surface area contributed by atoms with Crippen molar-refractivity contribution in [2.75, 3.05) is 6.61 Å². The van der Waals surface area contributed by atoms with Gasteiger partial charge in [-0.25, -0.2) is 4.98 Å². The minimum atomic E-state index is -0.835. The number of nitrogens with zero attached hydrogens (tertiary/aromatic N) is 2. The summed E-state index contributed by atoms with van der Waals surface area (Å²) >= 11 is 9.24. The Labute approximate surface area is 151 Å². The van der Waals surface area contributed by atoms with Gasteiger partial charge < -0.3 is 9.84 Å². The molecule has 0 amide bonds. The Balaban J connectivity index is 1.70. The second-order valence-corrected chi connectivity index (χ2v) is 6.63. The Bertz CT molecular complexity index is 912. The zero-order valence-electron chi connectivity index (χ0n) is 12.5. The van der Waals surface area contributed by atoms with Crippen LogP contribution in [0, 0.1) is 0 Å². The lowest BCUT2D eigenvalue weighted by Gasteiger charge is -2.14. The number of benzene rings is 2. The van der Waals surface area contributed by atoms with Crippen molar-refractivity contribution >= 4 is 38.4 Å². The van der Waals surface area contributed by atoms with Crippen LogP contribution in [0.15, 0.2) is 58.1 Å². The number of aliphatic hydroxyl groups excluding tert-OH is 1. The van der Waals surface area contributed by atoms with Crippen molar-refractivity contribution in [1.29, 1.82) is 0 Å². The van der Waals surface area contributed by atoms with E-state index in [1.54, 1.807) is 30.3 Å². The maximum atomic E-state index is 12.4. The number of hydrogen-bond donors (Lipinski definition) is 1. The lowest BCUT2D eigenvalue weighted by atomic mass is 10.2. The molecular formula is C17H14BrClN2O3. The molecule has 24 heavy (non-hydrogen) atoms. The number of ether oxygens (including phenoxy) is 1. The van der Waals surface area contributed by atoms with Crippen molar-refractivity contribution in [3.05, 3.63) is 68.6 Å². The molecule has 2 aromatic carbocycles. The summed E-state index contributed by atoms with van der Waals surface area (Å²) in [7, 11) is 0. The predicted molar refractivity (Wildman–Crippen MR) is 96.7 cm³/mol. The molecule has 1 heterocycles. The zero-order valence-corrected chi connectivity index (χ0v) is 14.9. The van der Waals surface area contributed by atoms with Crippen LogP contribution in [0.2, 0.25) is 5.02 Å². The molecule has 5 nitrogen and oxygen atoms in total. The number of rotatable bonds is 5. The summed E-state index contributed by atoms with van der Waals surface area (Å²) in [6.07, 6.45) is 0.571. The first kappa shape index (κ1) is 17.0. The average Bonchev–Trinajstić information content (AvgIpc) is 2.57. The van der Waals surface area contributed by atoms with Crippen LogP contribution in [0.4, 0.5) is 0 Å². The molecule has 0 bridgehead atoms. The van der Waals surface area contributed by atoms with Crippen LogP contribution in [0.1, 0.15) is 0 Å². The minimum Gasteiger partial charge on any atom is -0.491 e. The van der Waals surface area contributed by atoms with Gasteiger partial charge >= 0.3 is 0 Å². The van der Waals surface area contributed by atoms with Gasteiger partial charge in [0, 0.05) is 9.50 Å². The van der Waals surface area contributed by atoms with Crippen LogP contribution >= 0.6 is 27.5 Å². The van der Waals surface area contributed by atoms with Crippen molar-refractivity contribution in [3.63, 3.8) is 0 Å². The van der Waals surface area contributed by atoms with E-state index in [-0.39, 0.29) is 18.7 Å². The monoisotopic (exact) mass is 408 g/mol. The number of hydrogen-bond acceptors (Lipinski definition) is 4. The van der Waals surface area contributed by atoms with Crippen LogP contribution in [0.5, 0.6) is 5.75 Å². The molecule has 124 valence electrons. The van der Waals surface area contributed by atoms with E-state index in [1.165, 1.54) is 10.9 Å². The molecule has 0 aliphatic heterocycles. The number of halogens is 2. The standard InChI is InChI=1S/C17H14BrClN2O3/c18-11-1-4-14(5-2-11)24-9-13(22)8-21-10-20-16-7-12(19)3-6-15(16)17(21)23/h1-7,10,13,22H,8-9H2/t13-/m0/s1. The molecule has 0 saturated heterocycles. The number of aliphatic hydroxyl groups is 1. The fraction of sp³-hybridized carbons (Fsp3) is 0.176. The molecule has 0 unspecified atom stereocenters. The van der Waals surface area contributed by atoms with Gasteiger partial charge in [0.05, 0.1) is 23.8 Å². The van der Waals surface area contributed by atoms with Gasteiger partial charge in [-0.05, 0) is 42.5 Å². The molecular weight excluding hydrogens is 396 g/mol. The highest BCUT2D eigenvalue weighted by molar-refractivity contribution is 9.10. The van der Waals surface area contributed by atoms with Crippen molar-refractivity contribution in [2.24, 2.45) is 0 Å². The Morgan fingerprint density at radius 3 is 2.75 bits per heavy atom. The maximum Gasteiger partial charge on any atom is 0.261 e. The van der Waals surface area contributed by atoms with Crippen molar-refractivity contribution in [3.8, 4) is 5.75 Å². The van der Waals surface area contributed by atoms with E-state index in [1.807, 2.05) is 12.1 Å². The van der Waals surface area contributed by atoms with Crippen LogP contribution in [0.25, 0.3) is 10.9 Å². The van der Waals surface area contributed by atoms with E-state index in [0.717, 1.165) is 4.47 Å². The Morgan fingerprint density at radius 1 is 1.25 bits per heavy atom. The summed E-state index contributed by atoms with van der Waals surface area (Å²) in [6.45, 7) is 0.174. The zero-order chi connectivity index (χ0) is 17.1. The molecule has 1 atom stereocenters. The van der Waals surface area contributed by atoms with Gasteiger partial charge in [0.2, 0.25) is 0 Å². The van der Waals surface area contributed by atoms with Gasteiger partial charge in [0.1, 0.15) is 18.5 Å². The van der Waals surface area contributed by atoms with Crippen LogP contribution in [0.3, 0.4) is 0 Å². The highest BCUT2D eigenvalue weighted by Gasteiger charge is 2.10. The molecule has 3 aromatic rings. The van der Waals surface area contributed by atoms with Crippen molar-refractivity contribution < 1.29 is 9.84 Å². The molecule has 1 aromatic heterocycles. The summed E-state index contributed by atoms with van der Waals surface area (Å²) in [4.78, 5) is 16.6.